The third kappa shape index (κ3) is 2.92. The molecule has 108 valence electrons. The van der Waals surface area contributed by atoms with Gasteiger partial charge in [-0.25, -0.2) is 0 Å². The number of methoxy groups -OCH3 is 1. The van der Waals surface area contributed by atoms with Crippen molar-refractivity contribution >= 4 is 12.4 Å². The molecular formula is C13H16ClN3O3. The molecule has 0 bridgehead atoms. The van der Waals surface area contributed by atoms with Crippen LogP contribution in [-0.4, -0.2) is 35.0 Å². The molecule has 3 rings (SSSR count). The summed E-state index contributed by atoms with van der Waals surface area (Å²) >= 11 is 0. The molecule has 1 aromatic heterocycles. The van der Waals surface area contributed by atoms with Gasteiger partial charge in [-0.3, -0.25) is 0 Å². The summed E-state index contributed by atoms with van der Waals surface area (Å²) in [4.78, 5) is 4.36. The van der Waals surface area contributed by atoms with Crippen LogP contribution in [0.5, 0.6) is 5.75 Å². The lowest BCUT2D eigenvalue weighted by Gasteiger charge is -2.01. The molecule has 1 aliphatic heterocycles. The molecule has 0 saturated carbocycles. The number of β-amino-alcohol motifs (C(OH)–C–C–N with tert-alkyl or cyclic N) is 1. The van der Waals surface area contributed by atoms with Crippen molar-refractivity contribution in [3.8, 4) is 17.1 Å². The van der Waals surface area contributed by atoms with E-state index in [2.05, 4.69) is 15.5 Å². The average molecular weight is 298 g/mol. The Morgan fingerprint density at radius 2 is 2.10 bits per heavy atom. The maximum absolute atomic E-state index is 9.48. The highest BCUT2D eigenvalue weighted by Gasteiger charge is 2.28. The molecule has 1 aliphatic rings. The number of halogens is 1. The molecule has 0 amide bonds. The zero-order chi connectivity index (χ0) is 13.2. The molecule has 2 aromatic rings. The third-order valence-corrected chi connectivity index (χ3v) is 3.20. The Kier molecular flexibility index (Phi) is 4.59. The van der Waals surface area contributed by atoms with E-state index in [4.69, 9.17) is 9.26 Å². The lowest BCUT2D eigenvalue weighted by molar-refractivity contribution is 0.191. The zero-order valence-corrected chi connectivity index (χ0v) is 11.8. The molecule has 2 N–H and O–H groups in total. The number of nitrogens with zero attached hydrogens (tertiary/aromatic N) is 2. The summed E-state index contributed by atoms with van der Waals surface area (Å²) in [6.45, 7) is 0.560. The minimum Gasteiger partial charge on any atom is -0.497 e. The highest BCUT2D eigenvalue weighted by molar-refractivity contribution is 5.85. The summed E-state index contributed by atoms with van der Waals surface area (Å²) in [5.41, 5.74) is 0.870. The number of aliphatic hydroxyl groups excluding tert-OH is 1. The van der Waals surface area contributed by atoms with E-state index in [1.807, 2.05) is 24.3 Å². The van der Waals surface area contributed by atoms with Gasteiger partial charge in [0.05, 0.1) is 19.3 Å². The van der Waals surface area contributed by atoms with Gasteiger partial charge in [0.25, 0.3) is 0 Å². The molecule has 0 radical (unpaired) electrons. The van der Waals surface area contributed by atoms with Crippen molar-refractivity contribution in [3.63, 3.8) is 0 Å². The maximum atomic E-state index is 9.48. The van der Waals surface area contributed by atoms with Gasteiger partial charge in [0, 0.05) is 12.1 Å². The highest BCUT2D eigenvalue weighted by atomic mass is 35.5. The van der Waals surface area contributed by atoms with Gasteiger partial charge in [0.1, 0.15) is 5.75 Å². The number of benzene rings is 1. The molecule has 1 aromatic carbocycles. The predicted octanol–water partition coefficient (Wildman–Crippen LogP) is 1.56. The molecule has 1 saturated heterocycles. The van der Waals surface area contributed by atoms with Crippen molar-refractivity contribution in [2.45, 2.75) is 18.6 Å². The van der Waals surface area contributed by atoms with E-state index in [1.54, 1.807) is 7.11 Å². The first kappa shape index (κ1) is 14.8. The Bertz CT molecular complexity index is 558. The van der Waals surface area contributed by atoms with Crippen molar-refractivity contribution in [1.82, 2.24) is 15.5 Å². The summed E-state index contributed by atoms with van der Waals surface area (Å²) < 4.78 is 10.3. The largest absolute Gasteiger partial charge is 0.497 e. The lowest BCUT2D eigenvalue weighted by Crippen LogP contribution is -2.15. The molecule has 6 nitrogen and oxygen atoms in total. The fourth-order valence-electron chi connectivity index (χ4n) is 2.14. The number of aromatic nitrogens is 2. The van der Waals surface area contributed by atoms with Crippen molar-refractivity contribution in [3.05, 3.63) is 30.2 Å². The van der Waals surface area contributed by atoms with Crippen molar-refractivity contribution < 1.29 is 14.4 Å². The van der Waals surface area contributed by atoms with Crippen molar-refractivity contribution in [2.75, 3.05) is 13.7 Å². The maximum Gasteiger partial charge on any atom is 0.244 e. The lowest BCUT2D eigenvalue weighted by atomic mass is 10.2. The van der Waals surface area contributed by atoms with Gasteiger partial charge in [-0.15, -0.1) is 12.4 Å². The van der Waals surface area contributed by atoms with Gasteiger partial charge in [0.15, 0.2) is 0 Å². The van der Waals surface area contributed by atoms with Gasteiger partial charge in [-0.2, -0.15) is 4.98 Å². The Hall–Kier alpha value is -1.63. The van der Waals surface area contributed by atoms with Crippen LogP contribution in [0, 0.1) is 0 Å². The first-order chi connectivity index (χ1) is 9.26. The fourth-order valence-corrected chi connectivity index (χ4v) is 2.14. The summed E-state index contributed by atoms with van der Waals surface area (Å²) in [6, 6.07) is 7.40. The Morgan fingerprint density at radius 3 is 2.70 bits per heavy atom. The summed E-state index contributed by atoms with van der Waals surface area (Å²) in [5, 5.41) is 16.6. The van der Waals surface area contributed by atoms with E-state index >= 15 is 0 Å². The van der Waals surface area contributed by atoms with E-state index < -0.39 is 0 Å². The molecule has 0 unspecified atom stereocenters. The topological polar surface area (TPSA) is 80.4 Å². The minimum atomic E-state index is -0.346. The van der Waals surface area contributed by atoms with Crippen LogP contribution in [0.1, 0.15) is 18.4 Å². The molecular weight excluding hydrogens is 282 g/mol. The second kappa shape index (κ2) is 6.21. The van der Waals surface area contributed by atoms with Crippen LogP contribution in [0.2, 0.25) is 0 Å². The Balaban J connectivity index is 0.00000147. The smallest absolute Gasteiger partial charge is 0.244 e. The minimum absolute atomic E-state index is 0. The van der Waals surface area contributed by atoms with Crippen LogP contribution in [-0.2, 0) is 0 Å². The quantitative estimate of drug-likeness (QED) is 0.895. The average Bonchev–Trinajstić information content (AvgIpc) is 3.07. The van der Waals surface area contributed by atoms with E-state index in [0.717, 1.165) is 11.3 Å². The second-order valence-corrected chi connectivity index (χ2v) is 4.54. The second-order valence-electron chi connectivity index (χ2n) is 4.54. The van der Waals surface area contributed by atoms with Crippen LogP contribution in [0.4, 0.5) is 0 Å². The van der Waals surface area contributed by atoms with Gasteiger partial charge in [0.2, 0.25) is 11.7 Å². The van der Waals surface area contributed by atoms with Crippen molar-refractivity contribution in [2.24, 2.45) is 0 Å². The van der Waals surface area contributed by atoms with E-state index in [1.165, 1.54) is 0 Å². The zero-order valence-electron chi connectivity index (χ0n) is 10.9. The number of nitrogens with one attached hydrogen (secondary N) is 1. The Labute approximate surface area is 122 Å². The number of hydrogen-bond donors (Lipinski definition) is 2. The molecule has 20 heavy (non-hydrogen) atoms. The monoisotopic (exact) mass is 297 g/mol. The molecule has 2 atom stereocenters. The van der Waals surface area contributed by atoms with Crippen LogP contribution in [0.25, 0.3) is 11.4 Å². The van der Waals surface area contributed by atoms with Crippen LogP contribution in [0.3, 0.4) is 0 Å². The van der Waals surface area contributed by atoms with E-state index in [0.29, 0.717) is 24.7 Å². The van der Waals surface area contributed by atoms with E-state index in [-0.39, 0.29) is 24.6 Å². The molecule has 7 heteroatoms. The summed E-state index contributed by atoms with van der Waals surface area (Å²) in [6.07, 6.45) is 0.255. The summed E-state index contributed by atoms with van der Waals surface area (Å²) in [7, 11) is 1.62. The SMILES string of the molecule is COc1ccc(-c2noc([C@H]3C[C@@H](O)CN3)n2)cc1.Cl. The van der Waals surface area contributed by atoms with Crippen LogP contribution < -0.4 is 10.1 Å². The van der Waals surface area contributed by atoms with Crippen molar-refractivity contribution in [1.29, 1.82) is 0 Å². The fraction of sp³-hybridized carbons (Fsp3) is 0.385. The predicted molar refractivity (Wildman–Crippen MR) is 74.9 cm³/mol. The van der Waals surface area contributed by atoms with Crippen LogP contribution >= 0.6 is 12.4 Å². The first-order valence-corrected chi connectivity index (χ1v) is 6.16. The van der Waals surface area contributed by atoms with Gasteiger partial charge < -0.3 is 19.7 Å². The number of hydrogen-bond acceptors (Lipinski definition) is 6. The van der Waals surface area contributed by atoms with Crippen LogP contribution in [0.15, 0.2) is 28.8 Å². The third-order valence-electron chi connectivity index (χ3n) is 3.20. The molecule has 0 aliphatic carbocycles. The molecule has 0 spiro atoms. The first-order valence-electron chi connectivity index (χ1n) is 6.16. The number of aliphatic hydroxyl groups is 1. The standard InChI is InChI=1S/C13H15N3O3.ClH/c1-18-10-4-2-8(3-5-10)12-15-13(19-16-12)11-6-9(17)7-14-11;/h2-5,9,11,14,17H,6-7H2,1H3;1H/t9-,11-;/m1./s1. The van der Waals surface area contributed by atoms with E-state index in [9.17, 15) is 5.11 Å². The number of ether oxygens (including phenoxy) is 1. The molecule has 1 fully saturated rings. The normalized spacial score (nSPS) is 21.5. The number of rotatable bonds is 3. The van der Waals surface area contributed by atoms with Gasteiger partial charge in [-0.05, 0) is 30.7 Å². The summed E-state index contributed by atoms with van der Waals surface area (Å²) in [5.74, 6) is 1.84. The highest BCUT2D eigenvalue weighted by Crippen LogP contribution is 2.25. The van der Waals surface area contributed by atoms with Gasteiger partial charge >= 0.3 is 0 Å². The Morgan fingerprint density at radius 1 is 1.35 bits per heavy atom. The molecule has 2 heterocycles. The van der Waals surface area contributed by atoms with Gasteiger partial charge in [-0.1, -0.05) is 5.16 Å².